The summed E-state index contributed by atoms with van der Waals surface area (Å²) in [6, 6.07) is 5.62. The van der Waals surface area contributed by atoms with Crippen LogP contribution in [0.15, 0.2) is 18.2 Å². The minimum Gasteiger partial charge on any atom is -0.378 e. The van der Waals surface area contributed by atoms with Crippen molar-refractivity contribution in [1.29, 1.82) is 0 Å². The number of hydrogen-bond donors (Lipinski definition) is 2. The molecular weight excluding hydrogens is 191 g/mol. The van der Waals surface area contributed by atoms with Gasteiger partial charge in [-0.15, -0.1) is 0 Å². The lowest BCUT2D eigenvalue weighted by Gasteiger charge is -2.19. The van der Waals surface area contributed by atoms with E-state index < -0.39 is 0 Å². The van der Waals surface area contributed by atoms with E-state index in [1.54, 1.807) is 12.1 Å². The molecule has 2 rings (SSSR count). The van der Waals surface area contributed by atoms with Gasteiger partial charge >= 0.3 is 0 Å². The van der Waals surface area contributed by atoms with Crippen LogP contribution in [0, 0.1) is 12.7 Å². The van der Waals surface area contributed by atoms with E-state index in [1.807, 2.05) is 13.0 Å². The number of nitrogens with two attached hydrogens (primary N) is 1. The van der Waals surface area contributed by atoms with Gasteiger partial charge < -0.3 is 11.1 Å². The average molecular weight is 208 g/mol. The summed E-state index contributed by atoms with van der Waals surface area (Å²) < 4.78 is 13.5. The van der Waals surface area contributed by atoms with E-state index in [0.717, 1.165) is 24.8 Å². The Morgan fingerprint density at radius 2 is 2.20 bits per heavy atom. The van der Waals surface area contributed by atoms with Gasteiger partial charge in [-0.1, -0.05) is 6.07 Å². The molecule has 0 radical (unpaired) electrons. The number of anilines is 1. The van der Waals surface area contributed by atoms with Crippen LogP contribution in [0.2, 0.25) is 0 Å². The fourth-order valence-electron chi connectivity index (χ4n) is 2.10. The van der Waals surface area contributed by atoms with Crippen LogP contribution in [-0.2, 0) is 0 Å². The summed E-state index contributed by atoms with van der Waals surface area (Å²) in [7, 11) is 0. The van der Waals surface area contributed by atoms with Gasteiger partial charge in [0.05, 0.1) is 5.69 Å². The van der Waals surface area contributed by atoms with Gasteiger partial charge in [-0.2, -0.15) is 0 Å². The second-order valence-corrected chi connectivity index (χ2v) is 4.33. The van der Waals surface area contributed by atoms with E-state index in [4.69, 9.17) is 5.73 Å². The molecule has 0 aromatic heterocycles. The smallest absolute Gasteiger partial charge is 0.146 e. The lowest BCUT2D eigenvalue weighted by Crippen LogP contribution is -2.35. The Morgan fingerprint density at radius 1 is 1.40 bits per heavy atom. The zero-order chi connectivity index (χ0) is 10.8. The molecule has 0 spiro atoms. The number of nitrogens with one attached hydrogen (secondary N) is 1. The third-order valence-corrected chi connectivity index (χ3v) is 3.03. The number of hydrogen-bond acceptors (Lipinski definition) is 2. The summed E-state index contributed by atoms with van der Waals surface area (Å²) in [6.07, 6.45) is 3.20. The highest BCUT2D eigenvalue weighted by Crippen LogP contribution is 2.23. The first-order valence-electron chi connectivity index (χ1n) is 5.45. The van der Waals surface area contributed by atoms with Crippen molar-refractivity contribution in [2.45, 2.75) is 38.3 Å². The van der Waals surface area contributed by atoms with Crippen LogP contribution < -0.4 is 11.1 Å². The number of rotatable bonds is 2. The largest absolute Gasteiger partial charge is 0.378 e. The van der Waals surface area contributed by atoms with Gasteiger partial charge in [0, 0.05) is 12.1 Å². The van der Waals surface area contributed by atoms with Crippen molar-refractivity contribution in [2.75, 3.05) is 5.32 Å². The molecule has 1 aromatic carbocycles. The zero-order valence-electron chi connectivity index (χ0n) is 8.96. The van der Waals surface area contributed by atoms with Crippen LogP contribution >= 0.6 is 0 Å². The third-order valence-electron chi connectivity index (χ3n) is 3.03. The number of aryl methyl sites for hydroxylation is 1. The molecule has 1 aliphatic carbocycles. The van der Waals surface area contributed by atoms with Crippen molar-refractivity contribution >= 4 is 5.69 Å². The molecule has 2 atom stereocenters. The quantitative estimate of drug-likeness (QED) is 0.783. The third kappa shape index (κ3) is 2.29. The normalized spacial score (nSPS) is 25.5. The average Bonchev–Trinajstić information content (AvgIpc) is 2.57. The minimum atomic E-state index is -0.186. The molecule has 1 fully saturated rings. The highest BCUT2D eigenvalue weighted by atomic mass is 19.1. The second-order valence-electron chi connectivity index (χ2n) is 4.33. The Kier molecular flexibility index (Phi) is 2.91. The monoisotopic (exact) mass is 208 g/mol. The standard InChI is InChI=1S/C12H17FN2/c1-8-5-6-11(9(13)7-8)15-12-4-2-3-10(12)14/h5-7,10,12,15H,2-4,14H2,1H3/t10-,12-/m1/s1. The van der Waals surface area contributed by atoms with E-state index in [9.17, 15) is 4.39 Å². The topological polar surface area (TPSA) is 38.0 Å². The highest BCUT2D eigenvalue weighted by Gasteiger charge is 2.24. The maximum Gasteiger partial charge on any atom is 0.146 e. The molecule has 3 N–H and O–H groups in total. The van der Waals surface area contributed by atoms with Crippen molar-refractivity contribution in [3.05, 3.63) is 29.6 Å². The van der Waals surface area contributed by atoms with Crippen LogP contribution in [0.4, 0.5) is 10.1 Å². The van der Waals surface area contributed by atoms with E-state index in [2.05, 4.69) is 5.32 Å². The first-order chi connectivity index (χ1) is 7.16. The Bertz CT molecular complexity index is 351. The van der Waals surface area contributed by atoms with Crippen LogP contribution in [-0.4, -0.2) is 12.1 Å². The second kappa shape index (κ2) is 4.19. The van der Waals surface area contributed by atoms with Crippen molar-refractivity contribution in [1.82, 2.24) is 0 Å². The van der Waals surface area contributed by atoms with Gasteiger partial charge in [-0.05, 0) is 43.9 Å². The molecule has 2 nitrogen and oxygen atoms in total. The molecule has 0 amide bonds. The van der Waals surface area contributed by atoms with E-state index in [-0.39, 0.29) is 17.9 Å². The molecule has 1 aliphatic rings. The first-order valence-corrected chi connectivity index (χ1v) is 5.45. The lowest BCUT2D eigenvalue weighted by atomic mass is 10.1. The van der Waals surface area contributed by atoms with Crippen LogP contribution in [0.5, 0.6) is 0 Å². The van der Waals surface area contributed by atoms with Crippen molar-refractivity contribution in [3.8, 4) is 0 Å². The van der Waals surface area contributed by atoms with E-state index in [0.29, 0.717) is 5.69 Å². The molecule has 82 valence electrons. The molecule has 0 heterocycles. The maximum atomic E-state index is 13.5. The highest BCUT2D eigenvalue weighted by molar-refractivity contribution is 5.47. The summed E-state index contributed by atoms with van der Waals surface area (Å²) in [5, 5.41) is 3.19. The Balaban J connectivity index is 2.10. The number of benzene rings is 1. The molecule has 0 bridgehead atoms. The summed E-state index contributed by atoms with van der Waals surface area (Å²) in [6.45, 7) is 1.88. The first kappa shape index (κ1) is 10.4. The van der Waals surface area contributed by atoms with Crippen LogP contribution in [0.25, 0.3) is 0 Å². The number of halogens is 1. The van der Waals surface area contributed by atoms with Crippen molar-refractivity contribution in [2.24, 2.45) is 5.73 Å². The van der Waals surface area contributed by atoms with Gasteiger partial charge in [0.15, 0.2) is 0 Å². The predicted molar refractivity (Wildman–Crippen MR) is 60.4 cm³/mol. The maximum absolute atomic E-state index is 13.5. The molecule has 0 aliphatic heterocycles. The van der Waals surface area contributed by atoms with Crippen LogP contribution in [0.1, 0.15) is 24.8 Å². The molecule has 15 heavy (non-hydrogen) atoms. The Hall–Kier alpha value is -1.09. The Labute approximate surface area is 89.7 Å². The molecule has 0 unspecified atom stereocenters. The molecule has 0 saturated heterocycles. The fourth-order valence-corrected chi connectivity index (χ4v) is 2.10. The van der Waals surface area contributed by atoms with Gasteiger partial charge in [-0.3, -0.25) is 0 Å². The Morgan fingerprint density at radius 3 is 2.80 bits per heavy atom. The predicted octanol–water partition coefficient (Wildman–Crippen LogP) is 2.43. The zero-order valence-corrected chi connectivity index (χ0v) is 8.96. The summed E-state index contributed by atoms with van der Waals surface area (Å²) in [5.41, 5.74) is 7.43. The molecule has 1 aromatic rings. The minimum absolute atomic E-state index is 0.158. The van der Waals surface area contributed by atoms with E-state index >= 15 is 0 Å². The van der Waals surface area contributed by atoms with Crippen LogP contribution in [0.3, 0.4) is 0 Å². The summed E-state index contributed by atoms with van der Waals surface area (Å²) in [4.78, 5) is 0. The fraction of sp³-hybridized carbons (Fsp3) is 0.500. The van der Waals surface area contributed by atoms with Gasteiger partial charge in [0.2, 0.25) is 0 Å². The van der Waals surface area contributed by atoms with Crippen molar-refractivity contribution in [3.63, 3.8) is 0 Å². The van der Waals surface area contributed by atoms with Gasteiger partial charge in [0.1, 0.15) is 5.82 Å². The lowest BCUT2D eigenvalue weighted by molar-refractivity contribution is 0.607. The van der Waals surface area contributed by atoms with Crippen molar-refractivity contribution < 1.29 is 4.39 Å². The molecule has 3 heteroatoms. The SMILES string of the molecule is Cc1ccc(N[C@@H]2CCC[C@H]2N)c(F)c1. The van der Waals surface area contributed by atoms with E-state index in [1.165, 1.54) is 0 Å². The summed E-state index contributed by atoms with van der Waals surface area (Å²) in [5.74, 6) is -0.186. The van der Waals surface area contributed by atoms with Gasteiger partial charge in [0.25, 0.3) is 0 Å². The summed E-state index contributed by atoms with van der Waals surface area (Å²) >= 11 is 0. The molecular formula is C12H17FN2. The van der Waals surface area contributed by atoms with Gasteiger partial charge in [-0.25, -0.2) is 4.39 Å². The molecule has 1 saturated carbocycles.